The van der Waals surface area contributed by atoms with Crippen LogP contribution in [0, 0.1) is 0 Å². The number of hydrogen-bond donors (Lipinski definition) is 1. The van der Waals surface area contributed by atoms with Crippen LogP contribution in [0.25, 0.3) is 11.4 Å². The highest BCUT2D eigenvalue weighted by Gasteiger charge is 2.20. The van der Waals surface area contributed by atoms with Gasteiger partial charge in [-0.25, -0.2) is 9.97 Å². The third-order valence-electron chi connectivity index (χ3n) is 5.28. The van der Waals surface area contributed by atoms with E-state index in [1.165, 1.54) is 25.7 Å². The van der Waals surface area contributed by atoms with Gasteiger partial charge < -0.3 is 15.1 Å². The summed E-state index contributed by atoms with van der Waals surface area (Å²) >= 11 is 0. The lowest BCUT2D eigenvalue weighted by Gasteiger charge is -2.33. The van der Waals surface area contributed by atoms with Crippen molar-refractivity contribution in [3.05, 3.63) is 36.4 Å². The SMILES string of the molecule is CN1CCN(c2cc(NC3CCCC3)nc(-c3ccccc3)n2)CC1. The number of nitrogens with one attached hydrogen (secondary N) is 1. The van der Waals surface area contributed by atoms with Crippen molar-refractivity contribution in [2.75, 3.05) is 43.4 Å². The Hall–Kier alpha value is -2.14. The molecule has 2 fully saturated rings. The monoisotopic (exact) mass is 337 g/mol. The maximum absolute atomic E-state index is 4.88. The predicted molar refractivity (Wildman–Crippen MR) is 103 cm³/mol. The van der Waals surface area contributed by atoms with Gasteiger partial charge in [0, 0.05) is 43.9 Å². The Balaban J connectivity index is 1.64. The van der Waals surface area contributed by atoms with Crippen LogP contribution in [-0.2, 0) is 0 Å². The van der Waals surface area contributed by atoms with Crippen molar-refractivity contribution in [2.24, 2.45) is 0 Å². The largest absolute Gasteiger partial charge is 0.367 e. The number of nitrogens with zero attached hydrogens (tertiary/aromatic N) is 4. The molecular formula is C20H27N5. The van der Waals surface area contributed by atoms with E-state index < -0.39 is 0 Å². The van der Waals surface area contributed by atoms with Crippen molar-refractivity contribution >= 4 is 11.6 Å². The summed E-state index contributed by atoms with van der Waals surface area (Å²) < 4.78 is 0. The van der Waals surface area contributed by atoms with Crippen LogP contribution in [0.1, 0.15) is 25.7 Å². The van der Waals surface area contributed by atoms with Gasteiger partial charge in [0.05, 0.1) is 0 Å². The smallest absolute Gasteiger partial charge is 0.163 e. The first kappa shape index (κ1) is 16.3. The second kappa shape index (κ2) is 7.40. The van der Waals surface area contributed by atoms with Crippen LogP contribution in [0.4, 0.5) is 11.6 Å². The fourth-order valence-electron chi connectivity index (χ4n) is 3.70. The summed E-state index contributed by atoms with van der Waals surface area (Å²) in [5.74, 6) is 2.83. The molecule has 4 rings (SSSR count). The van der Waals surface area contributed by atoms with Crippen LogP contribution in [0.5, 0.6) is 0 Å². The molecule has 132 valence electrons. The molecule has 1 aliphatic heterocycles. The van der Waals surface area contributed by atoms with Crippen LogP contribution in [-0.4, -0.2) is 54.1 Å². The zero-order valence-electron chi connectivity index (χ0n) is 15.0. The minimum Gasteiger partial charge on any atom is -0.367 e. The molecular weight excluding hydrogens is 310 g/mol. The van der Waals surface area contributed by atoms with Gasteiger partial charge in [0.1, 0.15) is 11.6 Å². The zero-order valence-corrected chi connectivity index (χ0v) is 15.0. The number of aromatic nitrogens is 2. The molecule has 2 aliphatic rings. The fourth-order valence-corrected chi connectivity index (χ4v) is 3.70. The van der Waals surface area contributed by atoms with Crippen LogP contribution in [0.3, 0.4) is 0 Å². The molecule has 0 radical (unpaired) electrons. The molecule has 5 nitrogen and oxygen atoms in total. The summed E-state index contributed by atoms with van der Waals surface area (Å²) in [4.78, 5) is 14.5. The summed E-state index contributed by atoms with van der Waals surface area (Å²) in [6.45, 7) is 4.20. The molecule has 1 N–H and O–H groups in total. The molecule has 0 atom stereocenters. The second-order valence-corrected chi connectivity index (χ2v) is 7.22. The van der Waals surface area contributed by atoms with Gasteiger partial charge in [0.25, 0.3) is 0 Å². The number of likely N-dealkylation sites (N-methyl/N-ethyl adjacent to an activating group) is 1. The Morgan fingerprint density at radius 1 is 0.960 bits per heavy atom. The summed E-state index contributed by atoms with van der Waals surface area (Å²) in [5, 5.41) is 3.65. The van der Waals surface area contributed by atoms with Gasteiger partial charge in [-0.3, -0.25) is 0 Å². The highest BCUT2D eigenvalue weighted by molar-refractivity contribution is 5.62. The molecule has 1 saturated carbocycles. The quantitative estimate of drug-likeness (QED) is 0.928. The van der Waals surface area contributed by atoms with E-state index >= 15 is 0 Å². The first-order chi connectivity index (χ1) is 12.3. The van der Waals surface area contributed by atoms with Crippen LogP contribution in [0.2, 0.25) is 0 Å². The third kappa shape index (κ3) is 3.93. The molecule has 1 aliphatic carbocycles. The van der Waals surface area contributed by atoms with Crippen LogP contribution >= 0.6 is 0 Å². The van der Waals surface area contributed by atoms with Gasteiger partial charge >= 0.3 is 0 Å². The highest BCUT2D eigenvalue weighted by atomic mass is 15.3. The van der Waals surface area contributed by atoms with Gasteiger partial charge in [-0.2, -0.15) is 0 Å². The molecule has 2 aromatic rings. The minimum atomic E-state index is 0.555. The van der Waals surface area contributed by atoms with E-state index in [1.807, 2.05) is 18.2 Å². The standard InChI is InChI=1S/C20H27N5/c1-24-11-13-25(14-12-24)19-15-18(21-17-9-5-6-10-17)22-20(23-19)16-7-3-2-4-8-16/h2-4,7-8,15,17H,5-6,9-14H2,1H3,(H,21,22,23). The predicted octanol–water partition coefficient (Wildman–Crippen LogP) is 3.25. The summed E-state index contributed by atoms with van der Waals surface area (Å²) in [6.07, 6.45) is 5.13. The molecule has 1 aromatic carbocycles. The molecule has 1 saturated heterocycles. The number of rotatable bonds is 4. The van der Waals surface area contributed by atoms with Crippen LogP contribution in [0.15, 0.2) is 36.4 Å². The van der Waals surface area contributed by atoms with E-state index in [4.69, 9.17) is 9.97 Å². The number of benzene rings is 1. The van der Waals surface area contributed by atoms with Gasteiger partial charge in [-0.05, 0) is 19.9 Å². The molecule has 5 heteroatoms. The Labute approximate surface area is 150 Å². The van der Waals surface area contributed by atoms with Crippen molar-refractivity contribution in [1.29, 1.82) is 0 Å². The minimum absolute atomic E-state index is 0.555. The fraction of sp³-hybridized carbons (Fsp3) is 0.500. The molecule has 0 unspecified atom stereocenters. The first-order valence-electron chi connectivity index (χ1n) is 9.42. The molecule has 1 aromatic heterocycles. The maximum atomic E-state index is 4.88. The molecule has 0 spiro atoms. The summed E-state index contributed by atoms with van der Waals surface area (Å²) in [6, 6.07) is 13.0. The van der Waals surface area contributed by atoms with Crippen molar-refractivity contribution in [3.63, 3.8) is 0 Å². The summed E-state index contributed by atoms with van der Waals surface area (Å²) in [7, 11) is 2.18. The number of anilines is 2. The normalized spacial score (nSPS) is 19.3. The first-order valence-corrected chi connectivity index (χ1v) is 9.42. The molecule has 0 bridgehead atoms. The molecule has 2 heterocycles. The van der Waals surface area contributed by atoms with Crippen molar-refractivity contribution in [1.82, 2.24) is 14.9 Å². The highest BCUT2D eigenvalue weighted by Crippen LogP contribution is 2.26. The van der Waals surface area contributed by atoms with E-state index in [9.17, 15) is 0 Å². The van der Waals surface area contributed by atoms with E-state index in [1.54, 1.807) is 0 Å². The lowest BCUT2D eigenvalue weighted by Crippen LogP contribution is -2.44. The van der Waals surface area contributed by atoms with Gasteiger partial charge in [-0.1, -0.05) is 43.2 Å². The number of hydrogen-bond acceptors (Lipinski definition) is 5. The lowest BCUT2D eigenvalue weighted by atomic mass is 10.2. The Morgan fingerprint density at radius 2 is 1.68 bits per heavy atom. The van der Waals surface area contributed by atoms with Gasteiger partial charge in [0.15, 0.2) is 5.82 Å². The Morgan fingerprint density at radius 3 is 2.40 bits per heavy atom. The van der Waals surface area contributed by atoms with Gasteiger partial charge in [-0.15, -0.1) is 0 Å². The third-order valence-corrected chi connectivity index (χ3v) is 5.28. The number of piperazine rings is 1. The average Bonchev–Trinajstić information content (AvgIpc) is 3.16. The van der Waals surface area contributed by atoms with Gasteiger partial charge in [0.2, 0.25) is 0 Å². The van der Waals surface area contributed by atoms with Crippen molar-refractivity contribution < 1.29 is 0 Å². The summed E-state index contributed by atoms with van der Waals surface area (Å²) in [5.41, 5.74) is 1.08. The molecule has 0 amide bonds. The maximum Gasteiger partial charge on any atom is 0.163 e. The lowest BCUT2D eigenvalue weighted by molar-refractivity contribution is 0.312. The van der Waals surface area contributed by atoms with Crippen LogP contribution < -0.4 is 10.2 Å². The van der Waals surface area contributed by atoms with E-state index in [-0.39, 0.29) is 0 Å². The van der Waals surface area contributed by atoms with E-state index in [2.05, 4.69) is 40.4 Å². The Kier molecular flexibility index (Phi) is 4.83. The van der Waals surface area contributed by atoms with E-state index in [0.717, 1.165) is 49.2 Å². The van der Waals surface area contributed by atoms with E-state index in [0.29, 0.717) is 6.04 Å². The topological polar surface area (TPSA) is 44.3 Å². The second-order valence-electron chi connectivity index (χ2n) is 7.22. The Bertz CT molecular complexity index is 688. The van der Waals surface area contributed by atoms with Crippen molar-refractivity contribution in [2.45, 2.75) is 31.7 Å². The zero-order chi connectivity index (χ0) is 17.1. The molecule has 25 heavy (non-hydrogen) atoms. The van der Waals surface area contributed by atoms with Crippen molar-refractivity contribution in [3.8, 4) is 11.4 Å². The average molecular weight is 337 g/mol.